The summed E-state index contributed by atoms with van der Waals surface area (Å²) in [7, 11) is 0. The molecule has 0 saturated heterocycles. The van der Waals surface area contributed by atoms with Crippen molar-refractivity contribution in [2.75, 3.05) is 6.54 Å². The summed E-state index contributed by atoms with van der Waals surface area (Å²) < 4.78 is 0. The van der Waals surface area contributed by atoms with Crippen molar-refractivity contribution in [2.45, 2.75) is 84.6 Å². The zero-order chi connectivity index (χ0) is 12.8. The fraction of sp³-hybridized carbons (Fsp3) is 0.875. The number of hydrogen-bond acceptors (Lipinski definition) is 0. The average Bonchev–Trinajstić information content (AvgIpc) is 2.33. The van der Waals surface area contributed by atoms with Crippen LogP contribution in [0, 0.1) is 0 Å². The van der Waals surface area contributed by atoms with E-state index in [9.17, 15) is 0 Å². The molecule has 0 saturated carbocycles. The Labute approximate surface area is 109 Å². The van der Waals surface area contributed by atoms with E-state index >= 15 is 0 Å². The highest BCUT2D eigenvalue weighted by Crippen LogP contribution is 2.03. The van der Waals surface area contributed by atoms with Gasteiger partial charge in [-0.05, 0) is 32.6 Å². The van der Waals surface area contributed by atoms with E-state index in [-0.39, 0.29) is 0 Å². The Balaban J connectivity index is 3.24. The fourth-order valence-electron chi connectivity index (χ4n) is 1.85. The lowest BCUT2D eigenvalue weighted by molar-refractivity contribution is 0.513. The van der Waals surface area contributed by atoms with Crippen molar-refractivity contribution in [3.05, 3.63) is 12.2 Å². The second-order valence-electron chi connectivity index (χ2n) is 5.02. The maximum absolute atomic E-state index is 4.68. The predicted octanol–water partition coefficient (Wildman–Crippen LogP) is 5.09. The minimum atomic E-state index is 0.513. The molecular weight excluding hydrogens is 206 g/mol. The van der Waals surface area contributed by atoms with Crippen LogP contribution in [0.4, 0.5) is 0 Å². The Bertz CT molecular complexity index is 163. The lowest BCUT2D eigenvalue weighted by atomic mass is 10.1. The van der Waals surface area contributed by atoms with Crippen molar-refractivity contribution >= 4 is 0 Å². The van der Waals surface area contributed by atoms with Crippen molar-refractivity contribution in [1.82, 2.24) is 5.32 Å². The van der Waals surface area contributed by atoms with E-state index in [4.69, 9.17) is 0 Å². The molecule has 0 aromatic rings. The first-order valence-electron chi connectivity index (χ1n) is 7.62. The molecule has 0 heterocycles. The van der Waals surface area contributed by atoms with Crippen molar-refractivity contribution in [3.63, 3.8) is 0 Å². The summed E-state index contributed by atoms with van der Waals surface area (Å²) >= 11 is 0. The van der Waals surface area contributed by atoms with E-state index in [0.717, 1.165) is 13.0 Å². The first kappa shape index (κ1) is 16.7. The average molecular weight is 238 g/mol. The molecule has 0 bridgehead atoms. The van der Waals surface area contributed by atoms with Crippen LogP contribution in [0.5, 0.6) is 0 Å². The molecule has 1 atom stereocenters. The minimum Gasteiger partial charge on any atom is -0.238 e. The molecule has 101 valence electrons. The van der Waals surface area contributed by atoms with Crippen molar-refractivity contribution < 1.29 is 0 Å². The lowest BCUT2D eigenvalue weighted by Gasteiger charge is -2.08. The third-order valence-electron chi connectivity index (χ3n) is 3.07. The van der Waals surface area contributed by atoms with Gasteiger partial charge in [-0.15, -0.1) is 0 Å². The highest BCUT2D eigenvalue weighted by molar-refractivity contribution is 4.84. The topological polar surface area (TPSA) is 14.1 Å². The maximum atomic E-state index is 4.68. The van der Waals surface area contributed by atoms with E-state index in [1.807, 2.05) is 0 Å². The van der Waals surface area contributed by atoms with E-state index in [0.29, 0.717) is 6.04 Å². The molecule has 1 unspecified atom stereocenters. The number of allylic oxidation sites excluding steroid dienone is 1. The van der Waals surface area contributed by atoms with Crippen LogP contribution in [0.15, 0.2) is 12.2 Å². The van der Waals surface area contributed by atoms with Crippen LogP contribution < -0.4 is 5.32 Å². The predicted molar refractivity (Wildman–Crippen MR) is 78.5 cm³/mol. The summed E-state index contributed by atoms with van der Waals surface area (Å²) in [5.41, 5.74) is 0. The van der Waals surface area contributed by atoms with Crippen LogP contribution in [-0.2, 0) is 0 Å². The molecule has 0 fully saturated rings. The van der Waals surface area contributed by atoms with Crippen LogP contribution in [0.2, 0.25) is 0 Å². The van der Waals surface area contributed by atoms with Crippen LogP contribution in [-0.4, -0.2) is 12.6 Å². The molecule has 0 aliphatic heterocycles. The Morgan fingerprint density at radius 2 is 1.59 bits per heavy atom. The number of hydrogen-bond donors (Lipinski definition) is 0. The van der Waals surface area contributed by atoms with Crippen LogP contribution in [0.1, 0.15) is 78.6 Å². The minimum absolute atomic E-state index is 0.513. The fourth-order valence-corrected chi connectivity index (χ4v) is 1.85. The van der Waals surface area contributed by atoms with E-state index in [2.05, 4.69) is 38.2 Å². The third-order valence-corrected chi connectivity index (χ3v) is 3.07. The second kappa shape index (κ2) is 13.8. The van der Waals surface area contributed by atoms with E-state index in [1.165, 1.54) is 51.4 Å². The van der Waals surface area contributed by atoms with Gasteiger partial charge < -0.3 is 0 Å². The van der Waals surface area contributed by atoms with Gasteiger partial charge in [0.1, 0.15) is 0 Å². The molecule has 0 amide bonds. The molecule has 0 spiro atoms. The second-order valence-corrected chi connectivity index (χ2v) is 5.02. The molecule has 17 heavy (non-hydrogen) atoms. The summed E-state index contributed by atoms with van der Waals surface area (Å²) in [5, 5.41) is 4.68. The number of unbranched alkanes of at least 4 members (excludes halogenated alkanes) is 6. The lowest BCUT2D eigenvalue weighted by Crippen LogP contribution is -2.18. The van der Waals surface area contributed by atoms with Crippen LogP contribution in [0.25, 0.3) is 0 Å². The van der Waals surface area contributed by atoms with Gasteiger partial charge in [-0.3, -0.25) is 0 Å². The standard InChI is InChI=1S/C16H32N/c1-4-6-8-10-11-12-14-16(3)17-15-13-9-7-5-2/h11-12,16H,4-10,13-15H2,1-3H3. The quantitative estimate of drug-likeness (QED) is 0.332. The van der Waals surface area contributed by atoms with Gasteiger partial charge in [0.05, 0.1) is 0 Å². The molecule has 1 nitrogen and oxygen atoms in total. The summed E-state index contributed by atoms with van der Waals surface area (Å²) in [6.07, 6.45) is 16.3. The van der Waals surface area contributed by atoms with Crippen molar-refractivity contribution in [1.29, 1.82) is 0 Å². The smallest absolute Gasteiger partial charge is 0.0252 e. The first-order valence-corrected chi connectivity index (χ1v) is 7.62. The molecule has 0 aliphatic carbocycles. The Morgan fingerprint density at radius 3 is 2.29 bits per heavy atom. The zero-order valence-corrected chi connectivity index (χ0v) is 12.3. The molecule has 0 aromatic carbocycles. The zero-order valence-electron chi connectivity index (χ0n) is 12.3. The van der Waals surface area contributed by atoms with Crippen LogP contribution in [0.3, 0.4) is 0 Å². The number of rotatable bonds is 12. The Morgan fingerprint density at radius 1 is 0.882 bits per heavy atom. The van der Waals surface area contributed by atoms with Crippen molar-refractivity contribution in [3.8, 4) is 0 Å². The molecule has 0 N–H and O–H groups in total. The summed E-state index contributed by atoms with van der Waals surface area (Å²) in [4.78, 5) is 0. The summed E-state index contributed by atoms with van der Waals surface area (Å²) in [6, 6.07) is 0.513. The molecular formula is C16H32N. The van der Waals surface area contributed by atoms with Gasteiger partial charge in [-0.25, -0.2) is 5.32 Å². The third kappa shape index (κ3) is 13.6. The Kier molecular flexibility index (Phi) is 13.5. The Hall–Kier alpha value is -0.300. The molecule has 1 heteroatoms. The summed E-state index contributed by atoms with van der Waals surface area (Å²) in [5.74, 6) is 0. The highest BCUT2D eigenvalue weighted by Gasteiger charge is 1.98. The van der Waals surface area contributed by atoms with E-state index < -0.39 is 0 Å². The molecule has 0 rings (SSSR count). The maximum Gasteiger partial charge on any atom is 0.0252 e. The normalized spacial score (nSPS) is 13.4. The van der Waals surface area contributed by atoms with Crippen LogP contribution >= 0.6 is 0 Å². The van der Waals surface area contributed by atoms with Gasteiger partial charge in [-0.2, -0.15) is 0 Å². The van der Waals surface area contributed by atoms with Gasteiger partial charge in [0.2, 0.25) is 0 Å². The molecule has 0 aromatic heterocycles. The summed E-state index contributed by atoms with van der Waals surface area (Å²) in [6.45, 7) is 7.80. The largest absolute Gasteiger partial charge is 0.238 e. The van der Waals surface area contributed by atoms with Gasteiger partial charge in [0.25, 0.3) is 0 Å². The first-order chi connectivity index (χ1) is 8.31. The monoisotopic (exact) mass is 238 g/mol. The molecule has 0 aliphatic rings. The number of nitrogens with zero attached hydrogens (tertiary/aromatic N) is 1. The molecule has 1 radical (unpaired) electrons. The van der Waals surface area contributed by atoms with Gasteiger partial charge >= 0.3 is 0 Å². The highest BCUT2D eigenvalue weighted by atomic mass is 14.9. The van der Waals surface area contributed by atoms with Gasteiger partial charge in [0, 0.05) is 12.6 Å². The van der Waals surface area contributed by atoms with E-state index in [1.54, 1.807) is 0 Å². The van der Waals surface area contributed by atoms with Gasteiger partial charge in [-0.1, -0.05) is 58.1 Å². The van der Waals surface area contributed by atoms with Crippen molar-refractivity contribution in [2.24, 2.45) is 0 Å². The SMILES string of the molecule is CCCCCC=CCC(C)[N]CCCCCC. The van der Waals surface area contributed by atoms with Gasteiger partial charge in [0.15, 0.2) is 0 Å².